The van der Waals surface area contributed by atoms with Gasteiger partial charge in [0.05, 0.1) is 5.69 Å². The number of nitrogens with zero attached hydrogens (tertiary/aromatic N) is 1. The predicted molar refractivity (Wildman–Crippen MR) is 53.2 cm³/mol. The standard InChI is InChI=1S/C10H10ClNO/c1-7-3-2-4-8-9(5-6-11)12-13-10(7)8/h2-4H,5-6H2,1H3. The van der Waals surface area contributed by atoms with Crippen molar-refractivity contribution < 1.29 is 4.52 Å². The maximum Gasteiger partial charge on any atom is 0.170 e. The number of alkyl halides is 1. The van der Waals surface area contributed by atoms with Crippen LogP contribution in [0.4, 0.5) is 0 Å². The minimum atomic E-state index is 0.579. The molecule has 1 aromatic heterocycles. The Labute approximate surface area is 81.5 Å². The molecule has 2 aromatic rings. The fraction of sp³-hybridized carbons (Fsp3) is 0.300. The van der Waals surface area contributed by atoms with Crippen LogP contribution in [-0.2, 0) is 6.42 Å². The third-order valence-corrected chi connectivity index (χ3v) is 2.29. The first-order valence-electron chi connectivity index (χ1n) is 4.23. The molecule has 0 aliphatic carbocycles. The van der Waals surface area contributed by atoms with Crippen LogP contribution in [-0.4, -0.2) is 11.0 Å². The molecule has 3 heteroatoms. The highest BCUT2D eigenvalue weighted by atomic mass is 35.5. The Bertz CT molecular complexity index is 422. The molecule has 0 amide bonds. The molecular formula is C10H10ClNO. The quantitative estimate of drug-likeness (QED) is 0.689. The van der Waals surface area contributed by atoms with Crippen LogP contribution in [0.2, 0.25) is 0 Å². The van der Waals surface area contributed by atoms with E-state index >= 15 is 0 Å². The van der Waals surface area contributed by atoms with E-state index in [-0.39, 0.29) is 0 Å². The van der Waals surface area contributed by atoms with E-state index < -0.39 is 0 Å². The van der Waals surface area contributed by atoms with Crippen LogP contribution in [0.5, 0.6) is 0 Å². The van der Waals surface area contributed by atoms with Gasteiger partial charge in [-0.1, -0.05) is 17.3 Å². The Morgan fingerprint density at radius 2 is 2.31 bits per heavy atom. The van der Waals surface area contributed by atoms with Crippen molar-refractivity contribution in [2.24, 2.45) is 0 Å². The topological polar surface area (TPSA) is 26.0 Å². The summed E-state index contributed by atoms with van der Waals surface area (Å²) in [7, 11) is 0. The number of hydrogen-bond acceptors (Lipinski definition) is 2. The van der Waals surface area contributed by atoms with Gasteiger partial charge in [0.25, 0.3) is 0 Å². The van der Waals surface area contributed by atoms with Crippen molar-refractivity contribution in [3.8, 4) is 0 Å². The lowest BCUT2D eigenvalue weighted by molar-refractivity contribution is 0.446. The van der Waals surface area contributed by atoms with E-state index in [2.05, 4.69) is 5.16 Å². The average Bonchev–Trinajstić information content (AvgIpc) is 2.51. The van der Waals surface area contributed by atoms with Crippen LogP contribution in [0.1, 0.15) is 11.3 Å². The second kappa shape index (κ2) is 3.38. The molecule has 0 aliphatic heterocycles. The number of fused-ring (bicyclic) bond motifs is 1. The van der Waals surface area contributed by atoms with Crippen molar-refractivity contribution in [2.75, 3.05) is 5.88 Å². The monoisotopic (exact) mass is 195 g/mol. The van der Waals surface area contributed by atoms with Gasteiger partial charge in [-0.25, -0.2) is 0 Å². The molecule has 13 heavy (non-hydrogen) atoms. The van der Waals surface area contributed by atoms with Crippen LogP contribution < -0.4 is 0 Å². The van der Waals surface area contributed by atoms with Gasteiger partial charge in [0.2, 0.25) is 0 Å². The van der Waals surface area contributed by atoms with Crippen molar-refractivity contribution in [1.82, 2.24) is 5.16 Å². The van der Waals surface area contributed by atoms with Crippen molar-refractivity contribution in [3.05, 3.63) is 29.5 Å². The van der Waals surface area contributed by atoms with Gasteiger partial charge in [-0.2, -0.15) is 0 Å². The summed E-state index contributed by atoms with van der Waals surface area (Å²) in [6.07, 6.45) is 0.762. The number of aromatic nitrogens is 1. The molecule has 0 N–H and O–H groups in total. The Morgan fingerprint density at radius 3 is 3.08 bits per heavy atom. The van der Waals surface area contributed by atoms with Crippen LogP contribution in [0.15, 0.2) is 22.7 Å². The third kappa shape index (κ3) is 1.42. The second-order valence-corrected chi connectivity index (χ2v) is 3.40. The first kappa shape index (κ1) is 8.57. The van der Waals surface area contributed by atoms with Gasteiger partial charge in [-0.3, -0.25) is 0 Å². The maximum absolute atomic E-state index is 5.65. The Hall–Kier alpha value is -1.02. The van der Waals surface area contributed by atoms with Crippen molar-refractivity contribution in [2.45, 2.75) is 13.3 Å². The first-order chi connectivity index (χ1) is 6.33. The lowest BCUT2D eigenvalue weighted by Crippen LogP contribution is -1.85. The third-order valence-electron chi connectivity index (χ3n) is 2.10. The smallest absolute Gasteiger partial charge is 0.170 e. The number of para-hydroxylation sites is 1. The second-order valence-electron chi connectivity index (χ2n) is 3.02. The van der Waals surface area contributed by atoms with Gasteiger partial charge >= 0.3 is 0 Å². The molecule has 0 saturated carbocycles. The van der Waals surface area contributed by atoms with E-state index in [1.54, 1.807) is 0 Å². The number of benzene rings is 1. The molecule has 68 valence electrons. The molecule has 0 spiro atoms. The summed E-state index contributed by atoms with van der Waals surface area (Å²) >= 11 is 5.65. The Balaban J connectivity index is 2.61. The zero-order valence-electron chi connectivity index (χ0n) is 7.38. The number of aryl methyl sites for hydroxylation is 2. The van der Waals surface area contributed by atoms with Crippen LogP contribution in [0.25, 0.3) is 11.0 Å². The van der Waals surface area contributed by atoms with Crippen LogP contribution >= 0.6 is 11.6 Å². The van der Waals surface area contributed by atoms with Crippen molar-refractivity contribution in [3.63, 3.8) is 0 Å². The summed E-state index contributed by atoms with van der Waals surface area (Å²) < 4.78 is 5.22. The molecular weight excluding hydrogens is 186 g/mol. The van der Waals surface area contributed by atoms with E-state index in [0.717, 1.165) is 28.6 Å². The van der Waals surface area contributed by atoms with Gasteiger partial charge in [0.1, 0.15) is 0 Å². The van der Waals surface area contributed by atoms with Gasteiger partial charge in [0, 0.05) is 17.7 Å². The molecule has 0 unspecified atom stereocenters. The number of hydrogen-bond donors (Lipinski definition) is 0. The van der Waals surface area contributed by atoms with Gasteiger partial charge in [-0.15, -0.1) is 11.6 Å². The normalized spacial score (nSPS) is 10.9. The summed E-state index contributed by atoms with van der Waals surface area (Å²) in [4.78, 5) is 0. The number of rotatable bonds is 2. The van der Waals surface area contributed by atoms with E-state index in [1.165, 1.54) is 0 Å². The van der Waals surface area contributed by atoms with E-state index in [1.807, 2.05) is 25.1 Å². The molecule has 0 atom stereocenters. The van der Waals surface area contributed by atoms with Gasteiger partial charge in [0.15, 0.2) is 5.58 Å². The molecule has 0 saturated heterocycles. The van der Waals surface area contributed by atoms with Gasteiger partial charge < -0.3 is 4.52 Å². The molecule has 2 nitrogen and oxygen atoms in total. The minimum absolute atomic E-state index is 0.579. The summed E-state index contributed by atoms with van der Waals surface area (Å²) in [5.41, 5.74) is 2.95. The van der Waals surface area contributed by atoms with E-state index in [0.29, 0.717) is 5.88 Å². The first-order valence-corrected chi connectivity index (χ1v) is 4.76. The zero-order chi connectivity index (χ0) is 9.26. The average molecular weight is 196 g/mol. The van der Waals surface area contributed by atoms with Crippen molar-refractivity contribution >= 4 is 22.6 Å². The largest absolute Gasteiger partial charge is 0.356 e. The highest BCUT2D eigenvalue weighted by Gasteiger charge is 2.08. The van der Waals surface area contributed by atoms with E-state index in [9.17, 15) is 0 Å². The highest BCUT2D eigenvalue weighted by Crippen LogP contribution is 2.21. The number of halogens is 1. The lowest BCUT2D eigenvalue weighted by Gasteiger charge is -1.92. The predicted octanol–water partition coefficient (Wildman–Crippen LogP) is 2.92. The summed E-state index contributed by atoms with van der Waals surface area (Å²) in [6.45, 7) is 2.01. The van der Waals surface area contributed by atoms with Crippen molar-refractivity contribution in [1.29, 1.82) is 0 Å². The summed E-state index contributed by atoms with van der Waals surface area (Å²) in [5, 5.41) is 5.07. The molecule has 1 aromatic carbocycles. The fourth-order valence-electron chi connectivity index (χ4n) is 1.42. The van der Waals surface area contributed by atoms with Crippen LogP contribution in [0.3, 0.4) is 0 Å². The van der Waals surface area contributed by atoms with Crippen LogP contribution in [0, 0.1) is 6.92 Å². The highest BCUT2D eigenvalue weighted by molar-refractivity contribution is 6.18. The Morgan fingerprint density at radius 1 is 1.46 bits per heavy atom. The van der Waals surface area contributed by atoms with E-state index in [4.69, 9.17) is 16.1 Å². The summed E-state index contributed by atoms with van der Waals surface area (Å²) in [5.74, 6) is 0.579. The molecule has 0 aliphatic rings. The molecule has 0 fully saturated rings. The molecule has 0 radical (unpaired) electrons. The molecule has 1 heterocycles. The Kier molecular flexibility index (Phi) is 2.23. The minimum Gasteiger partial charge on any atom is -0.356 e. The SMILES string of the molecule is Cc1cccc2c(CCCl)noc12. The summed E-state index contributed by atoms with van der Waals surface area (Å²) in [6, 6.07) is 6.03. The zero-order valence-corrected chi connectivity index (χ0v) is 8.14. The molecule has 0 bridgehead atoms. The lowest BCUT2D eigenvalue weighted by atomic mass is 10.1. The molecule has 2 rings (SSSR count). The maximum atomic E-state index is 5.65. The van der Waals surface area contributed by atoms with Gasteiger partial charge in [-0.05, 0) is 18.6 Å². The fourth-order valence-corrected chi connectivity index (χ4v) is 1.60.